The smallest absolute Gasteiger partial charge is 0.0751 e. The van der Waals surface area contributed by atoms with E-state index < -0.39 is 0 Å². The summed E-state index contributed by atoms with van der Waals surface area (Å²) < 4.78 is 0. The predicted molar refractivity (Wildman–Crippen MR) is 119 cm³/mol. The van der Waals surface area contributed by atoms with Gasteiger partial charge in [-0.2, -0.15) is 5.26 Å². The van der Waals surface area contributed by atoms with Gasteiger partial charge in [0.05, 0.1) is 23.4 Å². The fraction of sp³-hybridized carbons (Fsp3) is 0.143. The molecule has 4 aromatic rings. The van der Waals surface area contributed by atoms with Gasteiger partial charge in [-0.1, -0.05) is 84.9 Å². The summed E-state index contributed by atoms with van der Waals surface area (Å²) in [6, 6.07) is 34.4. The number of hydrogen-bond acceptors (Lipinski definition) is 2. The van der Waals surface area contributed by atoms with Crippen molar-refractivity contribution in [2.75, 3.05) is 0 Å². The van der Waals surface area contributed by atoms with Crippen molar-refractivity contribution in [1.29, 1.82) is 5.26 Å². The fourth-order valence-electron chi connectivity index (χ4n) is 5.39. The molecule has 3 atom stereocenters. The summed E-state index contributed by atoms with van der Waals surface area (Å²) in [5, 5.41) is 9.99. The molecule has 0 radical (unpaired) electrons. The third-order valence-corrected chi connectivity index (χ3v) is 6.66. The van der Waals surface area contributed by atoms with Crippen LogP contribution in [0.25, 0.3) is 22.5 Å². The van der Waals surface area contributed by atoms with Crippen LogP contribution in [-0.2, 0) is 0 Å². The highest BCUT2D eigenvalue weighted by Crippen LogP contribution is 2.57. The van der Waals surface area contributed by atoms with E-state index in [1.54, 1.807) is 0 Å². The Morgan fingerprint density at radius 3 is 2.07 bits per heavy atom. The minimum Gasteiger partial charge on any atom is -0.247 e. The van der Waals surface area contributed by atoms with Gasteiger partial charge in [-0.05, 0) is 34.7 Å². The van der Waals surface area contributed by atoms with Crippen molar-refractivity contribution in [3.63, 3.8) is 0 Å². The molecule has 0 aliphatic heterocycles. The van der Waals surface area contributed by atoms with Crippen molar-refractivity contribution in [3.8, 4) is 28.6 Å². The molecule has 2 nitrogen and oxygen atoms in total. The lowest BCUT2D eigenvalue weighted by atomic mass is 9.59. The van der Waals surface area contributed by atoms with Crippen molar-refractivity contribution in [1.82, 2.24) is 4.98 Å². The van der Waals surface area contributed by atoms with Gasteiger partial charge in [-0.25, -0.2) is 4.98 Å². The first-order valence-electron chi connectivity index (χ1n) is 10.5. The van der Waals surface area contributed by atoms with Crippen LogP contribution in [0.4, 0.5) is 0 Å². The van der Waals surface area contributed by atoms with Crippen LogP contribution in [0.5, 0.6) is 0 Å². The summed E-state index contributed by atoms with van der Waals surface area (Å²) in [5.41, 5.74) is 9.56. The average Bonchev–Trinajstić information content (AvgIpc) is 2.84. The standard InChI is InChI=1S/C28H20N2/c29-17-20-15-23-21-13-7-8-14-22(21)26(20)27-24(23)16-25(18-9-3-1-4-10-18)30-28(27)19-11-5-2-6-12-19/h1-14,16,20,23,26H,15H2. The fourth-order valence-corrected chi connectivity index (χ4v) is 5.39. The quantitative estimate of drug-likeness (QED) is 0.394. The maximum absolute atomic E-state index is 9.99. The molecule has 2 bridgehead atoms. The third-order valence-electron chi connectivity index (χ3n) is 6.66. The summed E-state index contributed by atoms with van der Waals surface area (Å²) in [5.74, 6) is 0.321. The average molecular weight is 384 g/mol. The number of pyridine rings is 1. The lowest BCUT2D eigenvalue weighted by Crippen LogP contribution is -2.32. The minimum atomic E-state index is -0.00997. The number of hydrogen-bond donors (Lipinski definition) is 0. The van der Waals surface area contributed by atoms with Gasteiger partial charge in [0, 0.05) is 23.0 Å². The molecule has 0 spiro atoms. The Morgan fingerprint density at radius 2 is 1.37 bits per heavy atom. The molecule has 3 unspecified atom stereocenters. The second kappa shape index (κ2) is 6.68. The lowest BCUT2D eigenvalue weighted by Gasteiger charge is -2.44. The molecule has 0 fully saturated rings. The molecule has 2 heteroatoms. The van der Waals surface area contributed by atoms with Crippen LogP contribution in [0.1, 0.15) is 40.5 Å². The Bertz CT molecular complexity index is 1290. The number of nitrogens with zero attached hydrogens (tertiary/aromatic N) is 2. The number of nitriles is 1. The molecule has 0 N–H and O–H groups in total. The number of benzene rings is 3. The molecule has 1 heterocycles. The predicted octanol–water partition coefficient (Wildman–Crippen LogP) is 6.54. The first-order valence-corrected chi connectivity index (χ1v) is 10.5. The van der Waals surface area contributed by atoms with Crippen molar-refractivity contribution < 1.29 is 0 Å². The lowest BCUT2D eigenvalue weighted by molar-refractivity contribution is 0.431. The normalized spacial score (nSPS) is 20.8. The summed E-state index contributed by atoms with van der Waals surface area (Å²) in [7, 11) is 0. The van der Waals surface area contributed by atoms with Crippen LogP contribution in [0.15, 0.2) is 91.0 Å². The molecule has 3 aliphatic carbocycles. The largest absolute Gasteiger partial charge is 0.247 e. The van der Waals surface area contributed by atoms with E-state index in [1.165, 1.54) is 22.3 Å². The zero-order valence-electron chi connectivity index (χ0n) is 16.5. The van der Waals surface area contributed by atoms with Gasteiger partial charge < -0.3 is 0 Å². The van der Waals surface area contributed by atoms with Crippen LogP contribution < -0.4 is 0 Å². The molecule has 30 heavy (non-hydrogen) atoms. The van der Waals surface area contributed by atoms with Gasteiger partial charge in [0.25, 0.3) is 0 Å². The van der Waals surface area contributed by atoms with E-state index in [-0.39, 0.29) is 17.8 Å². The van der Waals surface area contributed by atoms with E-state index in [9.17, 15) is 5.26 Å². The first-order chi connectivity index (χ1) is 14.8. The minimum absolute atomic E-state index is 0.00997. The van der Waals surface area contributed by atoms with Crippen LogP contribution in [0, 0.1) is 17.2 Å². The van der Waals surface area contributed by atoms with Crippen molar-refractivity contribution in [2.45, 2.75) is 18.3 Å². The molecule has 0 saturated heterocycles. The van der Waals surface area contributed by atoms with E-state index >= 15 is 0 Å². The van der Waals surface area contributed by atoms with Crippen molar-refractivity contribution in [2.24, 2.45) is 5.92 Å². The maximum Gasteiger partial charge on any atom is 0.0751 e. The van der Waals surface area contributed by atoms with E-state index in [0.29, 0.717) is 0 Å². The van der Waals surface area contributed by atoms with Crippen LogP contribution in [-0.4, -0.2) is 4.98 Å². The highest BCUT2D eigenvalue weighted by Gasteiger charge is 2.45. The van der Waals surface area contributed by atoms with Crippen LogP contribution in [0.2, 0.25) is 0 Å². The van der Waals surface area contributed by atoms with Crippen LogP contribution in [0.3, 0.4) is 0 Å². The molecule has 0 amide bonds. The van der Waals surface area contributed by atoms with Gasteiger partial charge >= 0.3 is 0 Å². The highest BCUT2D eigenvalue weighted by molar-refractivity contribution is 5.75. The molecule has 3 aliphatic rings. The molecule has 1 aromatic heterocycles. The Kier molecular flexibility index (Phi) is 3.82. The summed E-state index contributed by atoms with van der Waals surface area (Å²) in [4.78, 5) is 5.18. The second-order valence-corrected chi connectivity index (χ2v) is 8.22. The summed E-state index contributed by atoms with van der Waals surface area (Å²) >= 11 is 0. The molecular formula is C28H20N2. The van der Waals surface area contributed by atoms with Crippen LogP contribution >= 0.6 is 0 Å². The SMILES string of the molecule is N#CC1CC2c3ccccc3C1c1c2cc(-c2ccccc2)nc1-c1ccccc1. The molecule has 7 rings (SSSR count). The van der Waals surface area contributed by atoms with Gasteiger partial charge in [0.1, 0.15) is 0 Å². The Morgan fingerprint density at radius 1 is 0.733 bits per heavy atom. The number of fused-ring (bicyclic) bond motifs is 1. The summed E-state index contributed by atoms with van der Waals surface area (Å²) in [6.07, 6.45) is 0.887. The van der Waals surface area contributed by atoms with Gasteiger partial charge in [0.15, 0.2) is 0 Å². The Labute approximate surface area is 176 Å². The van der Waals surface area contributed by atoms with Crippen molar-refractivity contribution >= 4 is 0 Å². The van der Waals surface area contributed by atoms with Gasteiger partial charge in [-0.3, -0.25) is 0 Å². The Balaban J connectivity index is 1.68. The van der Waals surface area contributed by atoms with E-state index in [4.69, 9.17) is 4.98 Å². The number of rotatable bonds is 2. The Hall–Kier alpha value is -3.70. The van der Waals surface area contributed by atoms with E-state index in [2.05, 4.69) is 84.9 Å². The van der Waals surface area contributed by atoms with Crippen molar-refractivity contribution in [3.05, 3.63) is 113 Å². The highest BCUT2D eigenvalue weighted by atomic mass is 14.7. The zero-order valence-corrected chi connectivity index (χ0v) is 16.5. The molecule has 3 aromatic carbocycles. The molecule has 0 saturated carbocycles. The maximum atomic E-state index is 9.99. The first kappa shape index (κ1) is 17.2. The summed E-state index contributed by atoms with van der Waals surface area (Å²) in [6.45, 7) is 0. The zero-order chi connectivity index (χ0) is 20.1. The number of aromatic nitrogens is 1. The third kappa shape index (κ3) is 2.46. The topological polar surface area (TPSA) is 36.7 Å². The molecule has 142 valence electrons. The van der Waals surface area contributed by atoms with E-state index in [0.717, 1.165) is 28.9 Å². The molecular weight excluding hydrogens is 364 g/mol. The van der Waals surface area contributed by atoms with E-state index in [1.807, 2.05) is 12.1 Å². The second-order valence-electron chi connectivity index (χ2n) is 8.22. The monoisotopic (exact) mass is 384 g/mol. The van der Waals surface area contributed by atoms with Gasteiger partial charge in [0.2, 0.25) is 0 Å². The van der Waals surface area contributed by atoms with Gasteiger partial charge in [-0.15, -0.1) is 0 Å².